The van der Waals surface area contributed by atoms with Crippen LogP contribution in [0.25, 0.3) is 0 Å². The highest BCUT2D eigenvalue weighted by Crippen LogP contribution is 2.19. The molecule has 0 bridgehead atoms. The van der Waals surface area contributed by atoms with E-state index < -0.39 is 11.6 Å². The molecule has 0 unspecified atom stereocenters. The van der Waals surface area contributed by atoms with Crippen molar-refractivity contribution in [3.63, 3.8) is 0 Å². The first-order valence-corrected chi connectivity index (χ1v) is 7.26. The number of nitrogens with zero attached hydrogens (tertiary/aromatic N) is 1. The van der Waals surface area contributed by atoms with Crippen molar-refractivity contribution in [2.75, 3.05) is 6.61 Å². The topological polar surface area (TPSA) is 21.6 Å². The molecule has 2 aromatic rings. The van der Waals surface area contributed by atoms with Crippen molar-refractivity contribution >= 4 is 11.9 Å². The van der Waals surface area contributed by atoms with Gasteiger partial charge in [0, 0.05) is 12.3 Å². The second-order valence-corrected chi connectivity index (χ2v) is 5.45. The van der Waals surface area contributed by atoms with Gasteiger partial charge >= 0.3 is 0 Å². The molecule has 0 aromatic heterocycles. The van der Waals surface area contributed by atoms with Gasteiger partial charge in [-0.05, 0) is 54.3 Å². The van der Waals surface area contributed by atoms with Crippen molar-refractivity contribution < 1.29 is 13.5 Å². The summed E-state index contributed by atoms with van der Waals surface area (Å²) >= 11 is 0. The maximum absolute atomic E-state index is 13.4. The SMILES string of the molecule is CC(C)CCOc1ccc(C=Nc2ccc(F)cc2F)cc1. The molecule has 116 valence electrons. The number of rotatable bonds is 6. The van der Waals surface area contributed by atoms with Crippen molar-refractivity contribution in [1.29, 1.82) is 0 Å². The Labute approximate surface area is 129 Å². The lowest BCUT2D eigenvalue weighted by atomic mass is 10.1. The molecule has 2 rings (SSSR count). The Morgan fingerprint density at radius 2 is 1.82 bits per heavy atom. The molecule has 0 aliphatic rings. The third-order valence-electron chi connectivity index (χ3n) is 3.11. The highest BCUT2D eigenvalue weighted by Gasteiger charge is 2.01. The molecule has 4 heteroatoms. The van der Waals surface area contributed by atoms with Crippen LogP contribution in [0, 0.1) is 17.6 Å². The van der Waals surface area contributed by atoms with Crippen molar-refractivity contribution in [2.24, 2.45) is 10.9 Å². The van der Waals surface area contributed by atoms with Gasteiger partial charge in [-0.2, -0.15) is 0 Å². The van der Waals surface area contributed by atoms with E-state index in [9.17, 15) is 8.78 Å². The molecule has 0 aliphatic heterocycles. The van der Waals surface area contributed by atoms with E-state index in [0.29, 0.717) is 12.5 Å². The van der Waals surface area contributed by atoms with E-state index in [1.54, 1.807) is 0 Å². The maximum atomic E-state index is 13.4. The molecule has 0 radical (unpaired) electrons. The van der Waals surface area contributed by atoms with Crippen LogP contribution in [0.15, 0.2) is 47.5 Å². The number of halogens is 2. The number of hydrogen-bond acceptors (Lipinski definition) is 2. The Balaban J connectivity index is 1.97. The van der Waals surface area contributed by atoms with E-state index in [1.165, 1.54) is 18.3 Å². The first-order chi connectivity index (χ1) is 10.5. The van der Waals surface area contributed by atoms with E-state index in [2.05, 4.69) is 18.8 Å². The van der Waals surface area contributed by atoms with Gasteiger partial charge in [-0.1, -0.05) is 13.8 Å². The summed E-state index contributed by atoms with van der Waals surface area (Å²) in [6.07, 6.45) is 2.54. The van der Waals surface area contributed by atoms with Crippen molar-refractivity contribution in [3.8, 4) is 5.75 Å². The van der Waals surface area contributed by atoms with Crippen molar-refractivity contribution in [1.82, 2.24) is 0 Å². The van der Waals surface area contributed by atoms with Crippen LogP contribution in [0.5, 0.6) is 5.75 Å². The van der Waals surface area contributed by atoms with Gasteiger partial charge in [-0.15, -0.1) is 0 Å². The first kappa shape index (κ1) is 16.1. The molecule has 2 nitrogen and oxygen atoms in total. The van der Waals surface area contributed by atoms with Crippen LogP contribution in [0.4, 0.5) is 14.5 Å². The average Bonchev–Trinajstić information content (AvgIpc) is 2.47. The lowest BCUT2D eigenvalue weighted by molar-refractivity contribution is 0.289. The van der Waals surface area contributed by atoms with Crippen LogP contribution in [-0.4, -0.2) is 12.8 Å². The molecule has 0 heterocycles. The summed E-state index contributed by atoms with van der Waals surface area (Å²) < 4.78 is 31.9. The predicted molar refractivity (Wildman–Crippen MR) is 85.0 cm³/mol. The fourth-order valence-corrected chi connectivity index (χ4v) is 1.79. The third-order valence-corrected chi connectivity index (χ3v) is 3.11. The van der Waals surface area contributed by atoms with E-state index >= 15 is 0 Å². The molecule has 0 amide bonds. The van der Waals surface area contributed by atoms with Gasteiger partial charge in [0.2, 0.25) is 0 Å². The van der Waals surface area contributed by atoms with E-state index in [1.807, 2.05) is 24.3 Å². The fraction of sp³-hybridized carbons (Fsp3) is 0.278. The van der Waals surface area contributed by atoms with Crippen LogP contribution >= 0.6 is 0 Å². The van der Waals surface area contributed by atoms with Gasteiger partial charge < -0.3 is 4.74 Å². The molecule has 0 fully saturated rings. The summed E-state index contributed by atoms with van der Waals surface area (Å²) in [5, 5.41) is 0. The highest BCUT2D eigenvalue weighted by atomic mass is 19.1. The van der Waals surface area contributed by atoms with E-state index in [4.69, 9.17) is 4.74 Å². The monoisotopic (exact) mass is 303 g/mol. The number of hydrogen-bond donors (Lipinski definition) is 0. The summed E-state index contributed by atoms with van der Waals surface area (Å²) in [5.41, 5.74) is 0.929. The van der Waals surface area contributed by atoms with Gasteiger partial charge in [0.05, 0.1) is 12.3 Å². The Morgan fingerprint density at radius 1 is 1.09 bits per heavy atom. The lowest BCUT2D eigenvalue weighted by Crippen LogP contribution is -2.01. The first-order valence-electron chi connectivity index (χ1n) is 7.26. The fourth-order valence-electron chi connectivity index (χ4n) is 1.79. The summed E-state index contributed by atoms with van der Waals surface area (Å²) in [5.74, 6) is 0.118. The molecule has 2 aromatic carbocycles. The van der Waals surface area contributed by atoms with E-state index in [0.717, 1.165) is 23.8 Å². The molecule has 0 N–H and O–H groups in total. The van der Waals surface area contributed by atoms with Gasteiger partial charge in [0.1, 0.15) is 11.6 Å². The second kappa shape index (κ2) is 7.69. The smallest absolute Gasteiger partial charge is 0.151 e. The summed E-state index contributed by atoms with van der Waals surface area (Å²) in [4.78, 5) is 4.02. The van der Waals surface area contributed by atoms with Crippen LogP contribution < -0.4 is 4.74 Å². The molecule has 0 aliphatic carbocycles. The van der Waals surface area contributed by atoms with Crippen molar-refractivity contribution in [3.05, 3.63) is 59.7 Å². The molecule has 0 atom stereocenters. The Bertz CT molecular complexity index is 636. The highest BCUT2D eigenvalue weighted by molar-refractivity contribution is 5.82. The molecule has 0 saturated carbocycles. The Hall–Kier alpha value is -2.23. The minimum atomic E-state index is -0.676. The molecular formula is C18H19F2NO. The quantitative estimate of drug-likeness (QED) is 0.677. The lowest BCUT2D eigenvalue weighted by Gasteiger charge is -2.07. The summed E-state index contributed by atoms with van der Waals surface area (Å²) in [6, 6.07) is 10.7. The molecule has 22 heavy (non-hydrogen) atoms. The second-order valence-electron chi connectivity index (χ2n) is 5.45. The van der Waals surface area contributed by atoms with Gasteiger partial charge in [0.15, 0.2) is 5.82 Å². The Kier molecular flexibility index (Phi) is 5.64. The molecule has 0 saturated heterocycles. The number of aliphatic imine (C=N–C) groups is 1. The minimum absolute atomic E-state index is 0.110. The van der Waals surface area contributed by atoms with Crippen LogP contribution in [0.1, 0.15) is 25.8 Å². The standard InChI is InChI=1S/C18H19F2NO/c1-13(2)9-10-22-16-6-3-14(4-7-16)12-21-18-8-5-15(19)11-17(18)20/h3-8,11-13H,9-10H2,1-2H3. The summed E-state index contributed by atoms with van der Waals surface area (Å²) in [7, 11) is 0. The third kappa shape index (κ3) is 4.95. The zero-order valence-corrected chi connectivity index (χ0v) is 12.7. The zero-order valence-electron chi connectivity index (χ0n) is 12.7. The number of ether oxygens (including phenoxy) is 1. The van der Waals surface area contributed by atoms with E-state index in [-0.39, 0.29) is 5.69 Å². The molecular weight excluding hydrogens is 284 g/mol. The van der Waals surface area contributed by atoms with Crippen LogP contribution in [0.2, 0.25) is 0 Å². The minimum Gasteiger partial charge on any atom is -0.494 e. The van der Waals surface area contributed by atoms with Gasteiger partial charge in [-0.25, -0.2) is 8.78 Å². The maximum Gasteiger partial charge on any atom is 0.151 e. The molecule has 0 spiro atoms. The van der Waals surface area contributed by atoms with Gasteiger partial charge in [-0.3, -0.25) is 4.99 Å². The van der Waals surface area contributed by atoms with Crippen molar-refractivity contribution in [2.45, 2.75) is 20.3 Å². The largest absolute Gasteiger partial charge is 0.494 e. The van der Waals surface area contributed by atoms with Gasteiger partial charge in [0.25, 0.3) is 0 Å². The van der Waals surface area contributed by atoms with Crippen LogP contribution in [0.3, 0.4) is 0 Å². The zero-order chi connectivity index (χ0) is 15.9. The number of benzene rings is 2. The summed E-state index contributed by atoms with van der Waals surface area (Å²) in [6.45, 7) is 4.99. The van der Waals surface area contributed by atoms with Crippen LogP contribution in [-0.2, 0) is 0 Å². The normalized spacial score (nSPS) is 11.3. The Morgan fingerprint density at radius 3 is 2.45 bits per heavy atom. The average molecular weight is 303 g/mol. The predicted octanol–water partition coefficient (Wildman–Crippen LogP) is 5.14.